The second kappa shape index (κ2) is 5.68. The van der Waals surface area contributed by atoms with Gasteiger partial charge >= 0.3 is 6.03 Å². The summed E-state index contributed by atoms with van der Waals surface area (Å²) in [5.74, 6) is 0. The molecule has 1 fully saturated rings. The quantitative estimate of drug-likeness (QED) is 0.827. The van der Waals surface area contributed by atoms with Crippen molar-refractivity contribution in [1.29, 1.82) is 0 Å². The van der Waals surface area contributed by atoms with E-state index in [1.165, 1.54) is 0 Å². The van der Waals surface area contributed by atoms with Crippen LogP contribution >= 0.6 is 0 Å². The SMILES string of the molecule is NC(=O)N(Cc1ccccc1)C1CCCNC1. The molecule has 2 amide bonds. The number of benzene rings is 1. The van der Waals surface area contributed by atoms with Gasteiger partial charge in [0.2, 0.25) is 0 Å². The Balaban J connectivity index is 2.04. The van der Waals surface area contributed by atoms with Gasteiger partial charge in [-0.15, -0.1) is 0 Å². The van der Waals surface area contributed by atoms with Gasteiger partial charge in [-0.1, -0.05) is 30.3 Å². The van der Waals surface area contributed by atoms with Crippen LogP contribution in [0.5, 0.6) is 0 Å². The topological polar surface area (TPSA) is 58.4 Å². The number of primary amides is 1. The number of rotatable bonds is 3. The van der Waals surface area contributed by atoms with Crippen molar-refractivity contribution in [3.05, 3.63) is 35.9 Å². The van der Waals surface area contributed by atoms with Gasteiger partial charge in [-0.05, 0) is 24.9 Å². The highest BCUT2D eigenvalue weighted by Gasteiger charge is 2.23. The number of amides is 2. The van der Waals surface area contributed by atoms with E-state index in [2.05, 4.69) is 5.32 Å². The van der Waals surface area contributed by atoms with Crippen LogP contribution in [0.25, 0.3) is 0 Å². The maximum Gasteiger partial charge on any atom is 0.315 e. The maximum atomic E-state index is 11.5. The van der Waals surface area contributed by atoms with E-state index in [0.29, 0.717) is 6.54 Å². The highest BCUT2D eigenvalue weighted by molar-refractivity contribution is 5.72. The first-order valence-corrected chi connectivity index (χ1v) is 6.08. The molecular formula is C13H19N3O. The van der Waals surface area contributed by atoms with Gasteiger partial charge < -0.3 is 16.0 Å². The van der Waals surface area contributed by atoms with Gasteiger partial charge in [-0.25, -0.2) is 4.79 Å². The van der Waals surface area contributed by atoms with Crippen LogP contribution in [-0.4, -0.2) is 30.1 Å². The van der Waals surface area contributed by atoms with Crippen LogP contribution in [-0.2, 0) is 6.54 Å². The number of nitrogens with two attached hydrogens (primary N) is 1. The Kier molecular flexibility index (Phi) is 3.98. The summed E-state index contributed by atoms with van der Waals surface area (Å²) < 4.78 is 0. The summed E-state index contributed by atoms with van der Waals surface area (Å²) in [6.45, 7) is 2.48. The van der Waals surface area contributed by atoms with Gasteiger partial charge in [0, 0.05) is 19.1 Å². The molecule has 1 saturated heterocycles. The van der Waals surface area contributed by atoms with Gasteiger partial charge in [-0.2, -0.15) is 0 Å². The summed E-state index contributed by atoms with van der Waals surface area (Å²) in [7, 11) is 0. The molecule has 1 aliphatic rings. The van der Waals surface area contributed by atoms with E-state index in [1.807, 2.05) is 30.3 Å². The highest BCUT2D eigenvalue weighted by atomic mass is 16.2. The van der Waals surface area contributed by atoms with Crippen LogP contribution in [0.1, 0.15) is 18.4 Å². The van der Waals surface area contributed by atoms with Crippen molar-refractivity contribution in [3.63, 3.8) is 0 Å². The molecule has 4 heteroatoms. The average Bonchev–Trinajstić information content (AvgIpc) is 2.38. The monoisotopic (exact) mass is 233 g/mol. The summed E-state index contributed by atoms with van der Waals surface area (Å²) in [4.78, 5) is 13.3. The molecule has 0 aliphatic carbocycles. The molecule has 4 nitrogen and oxygen atoms in total. The number of hydrogen-bond acceptors (Lipinski definition) is 2. The number of carbonyl (C=O) groups excluding carboxylic acids is 1. The van der Waals surface area contributed by atoms with E-state index in [4.69, 9.17) is 5.73 Å². The third kappa shape index (κ3) is 3.20. The fourth-order valence-electron chi connectivity index (χ4n) is 2.27. The van der Waals surface area contributed by atoms with E-state index in [0.717, 1.165) is 31.5 Å². The molecule has 2 rings (SSSR count). The Morgan fingerprint density at radius 3 is 2.76 bits per heavy atom. The zero-order valence-corrected chi connectivity index (χ0v) is 9.93. The first-order valence-electron chi connectivity index (χ1n) is 6.08. The Hall–Kier alpha value is -1.55. The van der Waals surface area contributed by atoms with Crippen LogP contribution in [0.15, 0.2) is 30.3 Å². The van der Waals surface area contributed by atoms with Crippen molar-refractivity contribution in [2.45, 2.75) is 25.4 Å². The first-order chi connectivity index (χ1) is 8.27. The molecule has 17 heavy (non-hydrogen) atoms. The Bertz CT molecular complexity index is 360. The molecule has 1 unspecified atom stereocenters. The molecule has 0 aromatic heterocycles. The van der Waals surface area contributed by atoms with Gasteiger partial charge in [0.25, 0.3) is 0 Å². The third-order valence-corrected chi connectivity index (χ3v) is 3.19. The van der Waals surface area contributed by atoms with Gasteiger partial charge in [-0.3, -0.25) is 0 Å². The number of nitrogens with zero attached hydrogens (tertiary/aromatic N) is 1. The molecule has 1 aliphatic heterocycles. The summed E-state index contributed by atoms with van der Waals surface area (Å²) >= 11 is 0. The van der Waals surface area contributed by atoms with Crippen molar-refractivity contribution in [1.82, 2.24) is 10.2 Å². The largest absolute Gasteiger partial charge is 0.351 e. The van der Waals surface area contributed by atoms with Crippen molar-refractivity contribution < 1.29 is 4.79 Å². The van der Waals surface area contributed by atoms with Crippen molar-refractivity contribution in [2.24, 2.45) is 5.73 Å². The Labute approximate surface area is 102 Å². The lowest BCUT2D eigenvalue weighted by atomic mass is 10.1. The predicted octanol–water partition coefficient (Wildman–Crippen LogP) is 1.32. The zero-order valence-electron chi connectivity index (χ0n) is 9.93. The molecule has 3 N–H and O–H groups in total. The average molecular weight is 233 g/mol. The van der Waals surface area contributed by atoms with E-state index >= 15 is 0 Å². The van der Waals surface area contributed by atoms with Gasteiger partial charge in [0.15, 0.2) is 0 Å². The normalized spacial score (nSPS) is 19.9. The standard InChI is InChI=1S/C13H19N3O/c14-13(17)16(12-7-4-8-15-9-12)10-11-5-2-1-3-6-11/h1-3,5-6,12,15H,4,7-10H2,(H2,14,17). The number of nitrogens with one attached hydrogen (secondary N) is 1. The van der Waals surface area contributed by atoms with Gasteiger partial charge in [0.1, 0.15) is 0 Å². The molecule has 1 aromatic carbocycles. The Morgan fingerprint density at radius 1 is 1.41 bits per heavy atom. The lowest BCUT2D eigenvalue weighted by molar-refractivity contribution is 0.165. The lowest BCUT2D eigenvalue weighted by Gasteiger charge is -2.33. The molecule has 1 aromatic rings. The molecule has 92 valence electrons. The minimum absolute atomic E-state index is 0.224. The molecule has 0 radical (unpaired) electrons. The van der Waals surface area contributed by atoms with Crippen LogP contribution in [0.2, 0.25) is 0 Å². The second-order valence-corrected chi connectivity index (χ2v) is 4.45. The number of urea groups is 1. The highest BCUT2D eigenvalue weighted by Crippen LogP contribution is 2.14. The fourth-order valence-corrected chi connectivity index (χ4v) is 2.27. The molecule has 0 spiro atoms. The molecule has 1 heterocycles. The third-order valence-electron chi connectivity index (χ3n) is 3.19. The molecule has 0 saturated carbocycles. The van der Waals surface area contributed by atoms with Crippen LogP contribution < -0.4 is 11.1 Å². The minimum Gasteiger partial charge on any atom is -0.351 e. The van der Waals surface area contributed by atoms with E-state index in [1.54, 1.807) is 4.90 Å². The van der Waals surface area contributed by atoms with Crippen molar-refractivity contribution in [3.8, 4) is 0 Å². The van der Waals surface area contributed by atoms with Crippen LogP contribution in [0.3, 0.4) is 0 Å². The summed E-state index contributed by atoms with van der Waals surface area (Å²) in [5, 5.41) is 3.31. The van der Waals surface area contributed by atoms with E-state index in [9.17, 15) is 4.79 Å². The zero-order chi connectivity index (χ0) is 12.1. The minimum atomic E-state index is -0.331. The second-order valence-electron chi connectivity index (χ2n) is 4.45. The van der Waals surface area contributed by atoms with Crippen molar-refractivity contribution >= 4 is 6.03 Å². The fraction of sp³-hybridized carbons (Fsp3) is 0.462. The van der Waals surface area contributed by atoms with Crippen molar-refractivity contribution in [2.75, 3.05) is 13.1 Å². The number of carbonyl (C=O) groups is 1. The summed E-state index contributed by atoms with van der Waals surface area (Å²) in [5.41, 5.74) is 6.60. The lowest BCUT2D eigenvalue weighted by Crippen LogP contribution is -2.50. The smallest absolute Gasteiger partial charge is 0.315 e. The predicted molar refractivity (Wildman–Crippen MR) is 67.5 cm³/mol. The Morgan fingerprint density at radius 2 is 2.18 bits per heavy atom. The molecular weight excluding hydrogens is 214 g/mol. The van der Waals surface area contributed by atoms with Gasteiger partial charge in [0.05, 0.1) is 0 Å². The first kappa shape index (κ1) is 11.9. The summed E-state index contributed by atoms with van der Waals surface area (Å²) in [6.07, 6.45) is 2.13. The van der Waals surface area contributed by atoms with Crippen LogP contribution in [0.4, 0.5) is 4.79 Å². The van der Waals surface area contributed by atoms with Crippen LogP contribution in [0, 0.1) is 0 Å². The molecule has 1 atom stereocenters. The molecule has 0 bridgehead atoms. The summed E-state index contributed by atoms with van der Waals surface area (Å²) in [6, 6.07) is 9.86. The maximum absolute atomic E-state index is 11.5. The number of piperidine rings is 1. The van der Waals surface area contributed by atoms with E-state index < -0.39 is 0 Å². The van der Waals surface area contributed by atoms with E-state index in [-0.39, 0.29) is 12.1 Å². The number of hydrogen-bond donors (Lipinski definition) is 2.